The maximum Gasteiger partial charge on any atom is 0.201 e. The Morgan fingerprint density at radius 3 is 2.64 bits per heavy atom. The molecule has 1 aromatic rings. The SMILES string of the molecule is C=C(CC)CC(=O)c1ccc(CC)o1. The summed E-state index contributed by atoms with van der Waals surface area (Å²) >= 11 is 0. The van der Waals surface area contributed by atoms with Crippen molar-refractivity contribution in [1.29, 1.82) is 0 Å². The number of Topliss-reactive ketones (excluding diaryl/α,β-unsaturated/α-hetero) is 1. The lowest BCUT2D eigenvalue weighted by atomic mass is 10.1. The number of ketones is 1. The van der Waals surface area contributed by atoms with Gasteiger partial charge in [0.1, 0.15) is 5.76 Å². The van der Waals surface area contributed by atoms with E-state index in [9.17, 15) is 4.79 Å². The first kappa shape index (κ1) is 10.8. The molecule has 76 valence electrons. The Balaban J connectivity index is 2.65. The van der Waals surface area contributed by atoms with Crippen LogP contribution in [0.15, 0.2) is 28.7 Å². The highest BCUT2D eigenvalue weighted by molar-refractivity contribution is 5.94. The van der Waals surface area contributed by atoms with E-state index in [1.54, 1.807) is 6.07 Å². The van der Waals surface area contributed by atoms with Crippen molar-refractivity contribution in [2.24, 2.45) is 0 Å². The van der Waals surface area contributed by atoms with Gasteiger partial charge < -0.3 is 4.42 Å². The van der Waals surface area contributed by atoms with Crippen LogP contribution in [0, 0.1) is 0 Å². The summed E-state index contributed by atoms with van der Waals surface area (Å²) in [4.78, 5) is 11.6. The van der Waals surface area contributed by atoms with Crippen LogP contribution in [0.3, 0.4) is 0 Å². The van der Waals surface area contributed by atoms with Gasteiger partial charge in [-0.3, -0.25) is 4.79 Å². The smallest absolute Gasteiger partial charge is 0.201 e. The van der Waals surface area contributed by atoms with Gasteiger partial charge in [-0.1, -0.05) is 26.0 Å². The van der Waals surface area contributed by atoms with Crippen LogP contribution in [-0.4, -0.2) is 5.78 Å². The molecule has 0 aliphatic rings. The summed E-state index contributed by atoms with van der Waals surface area (Å²) in [5.41, 5.74) is 0.949. The van der Waals surface area contributed by atoms with Crippen molar-refractivity contribution in [3.05, 3.63) is 35.8 Å². The molecule has 0 bridgehead atoms. The average molecular weight is 192 g/mol. The fourth-order valence-corrected chi connectivity index (χ4v) is 1.16. The first-order chi connectivity index (χ1) is 6.67. The predicted molar refractivity (Wildman–Crippen MR) is 56.5 cm³/mol. The number of rotatable bonds is 5. The minimum absolute atomic E-state index is 0.0246. The Bertz CT molecular complexity index is 334. The highest BCUT2D eigenvalue weighted by Gasteiger charge is 2.11. The number of carbonyl (C=O) groups is 1. The van der Waals surface area contributed by atoms with Crippen LogP contribution in [0.5, 0.6) is 0 Å². The summed E-state index contributed by atoms with van der Waals surface area (Å²) in [6, 6.07) is 3.59. The molecular formula is C12H16O2. The van der Waals surface area contributed by atoms with Gasteiger partial charge in [-0.2, -0.15) is 0 Å². The van der Waals surface area contributed by atoms with E-state index >= 15 is 0 Å². The first-order valence-electron chi connectivity index (χ1n) is 4.96. The van der Waals surface area contributed by atoms with Crippen LogP contribution in [-0.2, 0) is 6.42 Å². The molecule has 0 aliphatic carbocycles. The van der Waals surface area contributed by atoms with E-state index in [2.05, 4.69) is 6.58 Å². The minimum atomic E-state index is 0.0246. The number of aryl methyl sites for hydroxylation is 1. The Labute approximate surface area is 84.6 Å². The summed E-state index contributed by atoms with van der Waals surface area (Å²) in [5, 5.41) is 0. The van der Waals surface area contributed by atoms with Gasteiger partial charge in [-0.25, -0.2) is 0 Å². The summed E-state index contributed by atoms with van der Waals surface area (Å²) < 4.78 is 5.35. The number of hydrogen-bond donors (Lipinski definition) is 0. The lowest BCUT2D eigenvalue weighted by Gasteiger charge is -1.98. The van der Waals surface area contributed by atoms with E-state index in [1.807, 2.05) is 19.9 Å². The molecule has 0 saturated carbocycles. The van der Waals surface area contributed by atoms with E-state index in [0.717, 1.165) is 24.2 Å². The summed E-state index contributed by atoms with van der Waals surface area (Å²) in [5.74, 6) is 1.34. The van der Waals surface area contributed by atoms with E-state index in [1.165, 1.54) is 0 Å². The van der Waals surface area contributed by atoms with Crippen LogP contribution in [0.1, 0.15) is 43.0 Å². The average Bonchev–Trinajstić information content (AvgIpc) is 2.65. The van der Waals surface area contributed by atoms with Gasteiger partial charge in [0.25, 0.3) is 0 Å². The molecule has 2 heteroatoms. The molecule has 1 heterocycles. The van der Waals surface area contributed by atoms with Crippen molar-refractivity contribution in [2.75, 3.05) is 0 Å². The summed E-state index contributed by atoms with van der Waals surface area (Å²) in [6.45, 7) is 7.80. The van der Waals surface area contributed by atoms with Crippen LogP contribution in [0.25, 0.3) is 0 Å². The third kappa shape index (κ3) is 2.59. The number of furan rings is 1. The molecule has 0 N–H and O–H groups in total. The molecule has 0 radical (unpaired) electrons. The Morgan fingerprint density at radius 2 is 2.14 bits per heavy atom. The van der Waals surface area contributed by atoms with Gasteiger partial charge in [0.15, 0.2) is 5.76 Å². The first-order valence-corrected chi connectivity index (χ1v) is 4.96. The Morgan fingerprint density at radius 1 is 1.43 bits per heavy atom. The fourth-order valence-electron chi connectivity index (χ4n) is 1.16. The third-order valence-electron chi connectivity index (χ3n) is 2.20. The molecule has 1 aromatic heterocycles. The van der Waals surface area contributed by atoms with Gasteiger partial charge >= 0.3 is 0 Å². The zero-order valence-electron chi connectivity index (χ0n) is 8.80. The lowest BCUT2D eigenvalue weighted by molar-refractivity contribution is 0.0964. The quantitative estimate of drug-likeness (QED) is 0.528. The normalized spacial score (nSPS) is 10.1. The van der Waals surface area contributed by atoms with Gasteiger partial charge in [-0.15, -0.1) is 0 Å². The Hall–Kier alpha value is -1.31. The molecule has 0 fully saturated rings. The molecule has 0 spiro atoms. The van der Waals surface area contributed by atoms with Crippen molar-refractivity contribution in [3.8, 4) is 0 Å². The molecule has 2 nitrogen and oxygen atoms in total. The van der Waals surface area contributed by atoms with Crippen molar-refractivity contribution in [2.45, 2.75) is 33.1 Å². The third-order valence-corrected chi connectivity index (χ3v) is 2.20. The fraction of sp³-hybridized carbons (Fsp3) is 0.417. The van der Waals surface area contributed by atoms with E-state index in [0.29, 0.717) is 12.2 Å². The molecule has 0 unspecified atom stereocenters. The van der Waals surface area contributed by atoms with Crippen molar-refractivity contribution < 1.29 is 9.21 Å². The van der Waals surface area contributed by atoms with Gasteiger partial charge in [-0.05, 0) is 18.6 Å². The molecule has 0 amide bonds. The highest BCUT2D eigenvalue weighted by Crippen LogP contribution is 2.14. The van der Waals surface area contributed by atoms with Gasteiger partial charge in [0.2, 0.25) is 5.78 Å². The topological polar surface area (TPSA) is 30.2 Å². The minimum Gasteiger partial charge on any atom is -0.458 e. The number of carbonyl (C=O) groups excluding carboxylic acids is 1. The molecule has 0 aliphatic heterocycles. The molecular weight excluding hydrogens is 176 g/mol. The second-order valence-electron chi connectivity index (χ2n) is 3.32. The molecule has 0 saturated heterocycles. The second-order valence-corrected chi connectivity index (χ2v) is 3.32. The zero-order chi connectivity index (χ0) is 10.6. The summed E-state index contributed by atoms with van der Waals surface area (Å²) in [7, 11) is 0. The van der Waals surface area contributed by atoms with E-state index < -0.39 is 0 Å². The van der Waals surface area contributed by atoms with E-state index in [4.69, 9.17) is 4.42 Å². The van der Waals surface area contributed by atoms with Crippen molar-refractivity contribution in [3.63, 3.8) is 0 Å². The van der Waals surface area contributed by atoms with Gasteiger partial charge in [0, 0.05) is 12.8 Å². The largest absolute Gasteiger partial charge is 0.458 e. The van der Waals surface area contributed by atoms with Crippen LogP contribution in [0.4, 0.5) is 0 Å². The summed E-state index contributed by atoms with van der Waals surface area (Å²) in [6.07, 6.45) is 2.06. The number of allylic oxidation sites excluding steroid dienone is 1. The molecule has 0 aromatic carbocycles. The van der Waals surface area contributed by atoms with Crippen LogP contribution < -0.4 is 0 Å². The van der Waals surface area contributed by atoms with Crippen molar-refractivity contribution >= 4 is 5.78 Å². The van der Waals surface area contributed by atoms with Crippen LogP contribution >= 0.6 is 0 Å². The highest BCUT2D eigenvalue weighted by atomic mass is 16.3. The molecule has 14 heavy (non-hydrogen) atoms. The van der Waals surface area contributed by atoms with Crippen LogP contribution in [0.2, 0.25) is 0 Å². The zero-order valence-corrected chi connectivity index (χ0v) is 8.80. The molecule has 0 atom stereocenters. The lowest BCUT2D eigenvalue weighted by Crippen LogP contribution is -1.98. The monoisotopic (exact) mass is 192 g/mol. The predicted octanol–water partition coefficient (Wildman–Crippen LogP) is 3.38. The Kier molecular flexibility index (Phi) is 3.69. The van der Waals surface area contributed by atoms with Crippen molar-refractivity contribution in [1.82, 2.24) is 0 Å². The maximum atomic E-state index is 11.6. The second kappa shape index (κ2) is 4.80. The maximum absolute atomic E-state index is 11.6. The molecule has 1 rings (SSSR count). The van der Waals surface area contributed by atoms with Gasteiger partial charge in [0.05, 0.1) is 0 Å². The standard InChI is InChI=1S/C12H16O2/c1-4-9(3)8-11(13)12-7-6-10(5-2)14-12/h6-7H,3-5,8H2,1-2H3. The number of hydrogen-bond acceptors (Lipinski definition) is 2. The van der Waals surface area contributed by atoms with E-state index in [-0.39, 0.29) is 5.78 Å².